The molecule has 27 heavy (non-hydrogen) atoms. The van der Waals surface area contributed by atoms with Crippen LogP contribution in [-0.2, 0) is 22.5 Å². The average Bonchev–Trinajstić information content (AvgIpc) is 3.11. The van der Waals surface area contributed by atoms with Crippen molar-refractivity contribution in [1.82, 2.24) is 15.1 Å². The molecule has 4 rings (SSSR count). The molecule has 3 heterocycles. The van der Waals surface area contributed by atoms with Gasteiger partial charge < -0.3 is 14.4 Å². The minimum Gasteiger partial charge on any atom is -0.376 e. The van der Waals surface area contributed by atoms with E-state index in [1.807, 2.05) is 23.1 Å². The molecule has 2 aliphatic heterocycles. The molecule has 0 aliphatic carbocycles. The number of rotatable bonds is 2. The summed E-state index contributed by atoms with van der Waals surface area (Å²) in [6.45, 7) is 8.66. The van der Waals surface area contributed by atoms with E-state index in [0.717, 1.165) is 23.2 Å². The molecule has 1 fully saturated rings. The summed E-state index contributed by atoms with van der Waals surface area (Å²) in [5.41, 5.74) is 3.44. The molecule has 144 valence electrons. The highest BCUT2D eigenvalue weighted by molar-refractivity contribution is 5.94. The largest absolute Gasteiger partial charge is 0.376 e. The molecule has 2 atom stereocenters. The number of ether oxygens (including phenoxy) is 2. The minimum absolute atomic E-state index is 0.0449. The lowest BCUT2D eigenvalue weighted by Crippen LogP contribution is -2.51. The van der Waals surface area contributed by atoms with E-state index in [4.69, 9.17) is 9.47 Å². The van der Waals surface area contributed by atoms with Crippen molar-refractivity contribution in [2.75, 3.05) is 19.7 Å². The van der Waals surface area contributed by atoms with Gasteiger partial charge in [-0.25, -0.2) is 0 Å². The maximum atomic E-state index is 13.3. The number of hydrogen-bond donors (Lipinski definition) is 1. The standard InChI is InChI=1S/C21H27N3O3/c1-21(2,3)18-12-24(11-17(27-18)14-7-5-4-6-8-14)20(25)19-15-13-26-10-9-16(15)22-23-19/h4-8,17-18H,9-13H2,1-3H3,(H,22,23). The van der Waals surface area contributed by atoms with E-state index in [9.17, 15) is 4.79 Å². The van der Waals surface area contributed by atoms with Crippen molar-refractivity contribution in [2.24, 2.45) is 5.41 Å². The predicted molar refractivity (Wildman–Crippen MR) is 101 cm³/mol. The fourth-order valence-corrected chi connectivity index (χ4v) is 3.69. The van der Waals surface area contributed by atoms with Crippen molar-refractivity contribution < 1.29 is 14.3 Å². The van der Waals surface area contributed by atoms with E-state index >= 15 is 0 Å². The van der Waals surface area contributed by atoms with Crippen LogP contribution in [0.4, 0.5) is 0 Å². The van der Waals surface area contributed by atoms with Crippen molar-refractivity contribution in [2.45, 2.75) is 46.0 Å². The molecule has 2 aliphatic rings. The summed E-state index contributed by atoms with van der Waals surface area (Å²) in [6, 6.07) is 10.1. The highest BCUT2D eigenvalue weighted by Gasteiger charge is 2.39. The van der Waals surface area contributed by atoms with Gasteiger partial charge in [0.25, 0.3) is 5.91 Å². The fourth-order valence-electron chi connectivity index (χ4n) is 3.69. The van der Waals surface area contributed by atoms with E-state index in [0.29, 0.717) is 32.0 Å². The molecule has 1 aromatic heterocycles. The quantitative estimate of drug-likeness (QED) is 0.883. The van der Waals surface area contributed by atoms with Gasteiger partial charge in [-0.15, -0.1) is 0 Å². The zero-order valence-electron chi connectivity index (χ0n) is 16.2. The number of hydrogen-bond acceptors (Lipinski definition) is 4. The molecular formula is C21H27N3O3. The number of fused-ring (bicyclic) bond motifs is 1. The number of H-pyrrole nitrogens is 1. The van der Waals surface area contributed by atoms with Crippen LogP contribution >= 0.6 is 0 Å². The monoisotopic (exact) mass is 369 g/mol. The second kappa shape index (κ2) is 7.09. The second-order valence-corrected chi connectivity index (χ2v) is 8.43. The van der Waals surface area contributed by atoms with Gasteiger partial charge in [0.15, 0.2) is 5.69 Å². The lowest BCUT2D eigenvalue weighted by molar-refractivity contribution is -0.119. The predicted octanol–water partition coefficient (Wildman–Crippen LogP) is 3.11. The SMILES string of the molecule is CC(C)(C)C1CN(C(=O)c2n[nH]c3c2COCC3)CC(c2ccccc2)O1. The molecule has 1 saturated heterocycles. The first-order chi connectivity index (χ1) is 12.9. The lowest BCUT2D eigenvalue weighted by Gasteiger charge is -2.43. The van der Waals surface area contributed by atoms with Crippen LogP contribution in [0.2, 0.25) is 0 Å². The van der Waals surface area contributed by atoms with Crippen molar-refractivity contribution in [1.29, 1.82) is 0 Å². The number of carbonyl (C=O) groups is 1. The summed E-state index contributed by atoms with van der Waals surface area (Å²) < 4.78 is 11.9. The lowest BCUT2D eigenvalue weighted by atomic mass is 9.87. The number of nitrogens with one attached hydrogen (secondary N) is 1. The van der Waals surface area contributed by atoms with E-state index in [1.54, 1.807) is 0 Å². The summed E-state index contributed by atoms with van der Waals surface area (Å²) >= 11 is 0. The smallest absolute Gasteiger partial charge is 0.274 e. The Bertz CT molecular complexity index is 810. The maximum Gasteiger partial charge on any atom is 0.274 e. The van der Waals surface area contributed by atoms with E-state index in [1.165, 1.54) is 0 Å². The van der Waals surface area contributed by atoms with E-state index < -0.39 is 0 Å². The summed E-state index contributed by atoms with van der Waals surface area (Å²) in [5.74, 6) is -0.0449. The van der Waals surface area contributed by atoms with Crippen LogP contribution in [0.3, 0.4) is 0 Å². The summed E-state index contributed by atoms with van der Waals surface area (Å²) in [4.78, 5) is 15.2. The third-order valence-corrected chi connectivity index (χ3v) is 5.42. The van der Waals surface area contributed by atoms with Gasteiger partial charge in [-0.1, -0.05) is 51.1 Å². The number of morpholine rings is 1. The van der Waals surface area contributed by atoms with Crippen molar-refractivity contribution in [3.05, 3.63) is 52.8 Å². The Kier molecular flexibility index (Phi) is 4.78. The van der Waals surface area contributed by atoms with Crippen LogP contribution in [0.15, 0.2) is 30.3 Å². The van der Waals surface area contributed by atoms with Crippen LogP contribution in [0.25, 0.3) is 0 Å². The van der Waals surface area contributed by atoms with E-state index in [2.05, 4.69) is 43.1 Å². The Morgan fingerprint density at radius 2 is 2.00 bits per heavy atom. The molecule has 0 spiro atoms. The zero-order valence-corrected chi connectivity index (χ0v) is 16.2. The number of nitrogens with zero attached hydrogens (tertiary/aromatic N) is 2. The Labute approximate surface area is 159 Å². The highest BCUT2D eigenvalue weighted by atomic mass is 16.5. The van der Waals surface area contributed by atoms with Gasteiger partial charge in [-0.05, 0) is 11.0 Å². The molecule has 2 aromatic rings. The number of benzene rings is 1. The van der Waals surface area contributed by atoms with Crippen LogP contribution in [-0.4, -0.2) is 46.8 Å². The first-order valence-electron chi connectivity index (χ1n) is 9.57. The third-order valence-electron chi connectivity index (χ3n) is 5.42. The van der Waals surface area contributed by atoms with Gasteiger partial charge >= 0.3 is 0 Å². The number of amides is 1. The molecule has 2 unspecified atom stereocenters. The van der Waals surface area contributed by atoms with Crippen LogP contribution in [0.1, 0.15) is 54.2 Å². The first-order valence-corrected chi connectivity index (χ1v) is 9.57. The van der Waals surface area contributed by atoms with Gasteiger partial charge in [-0.2, -0.15) is 5.10 Å². The van der Waals surface area contributed by atoms with Crippen LogP contribution in [0.5, 0.6) is 0 Å². The molecule has 0 radical (unpaired) electrons. The normalized spacial score (nSPS) is 23.1. The second-order valence-electron chi connectivity index (χ2n) is 8.43. The van der Waals surface area contributed by atoms with Crippen molar-refractivity contribution in [3.63, 3.8) is 0 Å². The van der Waals surface area contributed by atoms with Crippen LogP contribution in [0, 0.1) is 5.41 Å². The molecule has 1 N–H and O–H groups in total. The van der Waals surface area contributed by atoms with Gasteiger partial charge in [-0.3, -0.25) is 9.89 Å². The molecule has 6 nitrogen and oxygen atoms in total. The molecule has 1 amide bonds. The topological polar surface area (TPSA) is 67.5 Å². The fraction of sp³-hybridized carbons (Fsp3) is 0.524. The third kappa shape index (κ3) is 3.64. The van der Waals surface area contributed by atoms with Crippen molar-refractivity contribution >= 4 is 5.91 Å². The average molecular weight is 369 g/mol. The maximum absolute atomic E-state index is 13.3. The molecule has 1 aromatic carbocycles. The molecular weight excluding hydrogens is 342 g/mol. The Balaban J connectivity index is 1.62. The Morgan fingerprint density at radius 1 is 1.22 bits per heavy atom. The summed E-state index contributed by atoms with van der Waals surface area (Å²) in [6.07, 6.45) is 0.585. The molecule has 6 heteroatoms. The number of carbonyl (C=O) groups excluding carboxylic acids is 1. The van der Waals surface area contributed by atoms with Gasteiger partial charge in [0, 0.05) is 24.2 Å². The number of aromatic nitrogens is 2. The Morgan fingerprint density at radius 3 is 2.74 bits per heavy atom. The number of aromatic amines is 1. The van der Waals surface area contributed by atoms with Gasteiger partial charge in [0.05, 0.1) is 25.9 Å². The first kappa shape index (κ1) is 18.2. The van der Waals surface area contributed by atoms with Crippen LogP contribution < -0.4 is 0 Å². The minimum atomic E-state index is -0.140. The van der Waals surface area contributed by atoms with Gasteiger partial charge in [0.2, 0.25) is 0 Å². The van der Waals surface area contributed by atoms with Crippen molar-refractivity contribution in [3.8, 4) is 0 Å². The molecule has 0 bridgehead atoms. The summed E-state index contributed by atoms with van der Waals surface area (Å²) in [5, 5.41) is 7.34. The zero-order chi connectivity index (χ0) is 19.0. The van der Waals surface area contributed by atoms with Gasteiger partial charge in [0.1, 0.15) is 6.10 Å². The van der Waals surface area contributed by atoms with E-state index in [-0.39, 0.29) is 23.5 Å². The summed E-state index contributed by atoms with van der Waals surface area (Å²) in [7, 11) is 0. The highest BCUT2D eigenvalue weighted by Crippen LogP contribution is 2.34. The Hall–Kier alpha value is -2.18. The molecule has 0 saturated carbocycles.